The second-order valence-electron chi connectivity index (χ2n) is 6.88. The number of hydrogen-bond acceptors (Lipinski definition) is 2. The number of nitrogens with zero attached hydrogens (tertiary/aromatic N) is 1. The second-order valence-corrected chi connectivity index (χ2v) is 6.88. The Labute approximate surface area is 167 Å². The molecule has 3 aromatic rings. The minimum absolute atomic E-state index is 0.0525. The highest BCUT2D eigenvalue weighted by Crippen LogP contribution is 2.32. The van der Waals surface area contributed by atoms with Crippen molar-refractivity contribution in [2.45, 2.75) is 26.4 Å². The van der Waals surface area contributed by atoms with Gasteiger partial charge in [-0.2, -0.15) is 0 Å². The van der Waals surface area contributed by atoms with E-state index in [1.807, 2.05) is 43.3 Å². The number of alkyl halides is 1. The van der Waals surface area contributed by atoms with Crippen LogP contribution in [0.2, 0.25) is 0 Å². The molecule has 1 N–H and O–H groups in total. The summed E-state index contributed by atoms with van der Waals surface area (Å²) >= 11 is 0. The van der Waals surface area contributed by atoms with Gasteiger partial charge in [-0.1, -0.05) is 30.3 Å². The second kappa shape index (κ2) is 8.90. The molecule has 0 aliphatic rings. The number of carbonyl (C=O) groups is 1. The largest absolute Gasteiger partial charge is 0.358 e. The molecule has 0 fully saturated rings. The highest BCUT2D eigenvalue weighted by atomic mass is 19.1. The van der Waals surface area contributed by atoms with Gasteiger partial charge >= 0.3 is 0 Å². The minimum Gasteiger partial charge on any atom is -0.358 e. The van der Waals surface area contributed by atoms with Crippen molar-refractivity contribution in [3.63, 3.8) is 0 Å². The molecule has 0 bridgehead atoms. The van der Waals surface area contributed by atoms with Gasteiger partial charge in [0.1, 0.15) is 18.3 Å². The van der Waals surface area contributed by atoms with Gasteiger partial charge in [0.25, 0.3) is 0 Å². The summed E-state index contributed by atoms with van der Waals surface area (Å²) in [5, 5.41) is 2.68. The molecule has 0 saturated carbocycles. The van der Waals surface area contributed by atoms with E-state index >= 15 is 0 Å². The minimum atomic E-state index is -1.03. The zero-order chi connectivity index (χ0) is 21.0. The number of halogens is 3. The Morgan fingerprint density at radius 1 is 1.07 bits per heavy atom. The summed E-state index contributed by atoms with van der Waals surface area (Å²) in [7, 11) is 0. The van der Waals surface area contributed by atoms with E-state index in [4.69, 9.17) is 0 Å². The normalized spacial score (nSPS) is 11.9. The predicted molar refractivity (Wildman–Crippen MR) is 106 cm³/mol. The maximum atomic E-state index is 14.6. The number of amides is 1. The first-order chi connectivity index (χ1) is 14.0. The number of rotatable bonds is 7. The van der Waals surface area contributed by atoms with Crippen LogP contribution in [0, 0.1) is 25.5 Å². The molecule has 150 valence electrons. The number of carbonyl (C=O) groups excluding carboxylic acids is 1. The maximum absolute atomic E-state index is 14.6. The molecule has 1 aromatic heterocycles. The monoisotopic (exact) mass is 398 g/mol. The molecule has 6 heteroatoms. The van der Waals surface area contributed by atoms with E-state index in [0.717, 1.165) is 16.7 Å². The van der Waals surface area contributed by atoms with Crippen molar-refractivity contribution in [3.05, 3.63) is 88.1 Å². The van der Waals surface area contributed by atoms with Gasteiger partial charge in [0.2, 0.25) is 6.41 Å². The van der Waals surface area contributed by atoms with Crippen molar-refractivity contribution in [3.8, 4) is 11.3 Å². The van der Waals surface area contributed by atoms with E-state index in [-0.39, 0.29) is 17.0 Å². The zero-order valence-electron chi connectivity index (χ0n) is 16.2. The Kier molecular flexibility index (Phi) is 6.32. The Balaban J connectivity index is 2.18. The lowest BCUT2D eigenvalue weighted by Gasteiger charge is -2.20. The fourth-order valence-electron chi connectivity index (χ4n) is 3.32. The van der Waals surface area contributed by atoms with Gasteiger partial charge in [0.15, 0.2) is 0 Å². The number of benzene rings is 2. The maximum Gasteiger partial charge on any atom is 0.207 e. The molecule has 0 aliphatic carbocycles. The molecule has 29 heavy (non-hydrogen) atoms. The number of nitrogens with one attached hydrogen (secondary N) is 1. The lowest BCUT2D eigenvalue weighted by Crippen LogP contribution is -2.22. The van der Waals surface area contributed by atoms with E-state index < -0.39 is 18.3 Å². The van der Waals surface area contributed by atoms with Gasteiger partial charge in [-0.15, -0.1) is 0 Å². The first kappa shape index (κ1) is 20.6. The van der Waals surface area contributed by atoms with Crippen LogP contribution in [0.1, 0.15) is 33.9 Å². The summed E-state index contributed by atoms with van der Waals surface area (Å²) in [5.74, 6) is -1.98. The van der Waals surface area contributed by atoms with Crippen molar-refractivity contribution < 1.29 is 18.0 Å². The van der Waals surface area contributed by atoms with E-state index in [0.29, 0.717) is 30.4 Å². The Morgan fingerprint density at radius 3 is 2.45 bits per heavy atom. The summed E-state index contributed by atoms with van der Waals surface area (Å²) in [6.45, 7) is 2.94. The van der Waals surface area contributed by atoms with Crippen LogP contribution in [0.4, 0.5) is 13.2 Å². The molecule has 1 heterocycles. The average molecular weight is 398 g/mol. The van der Waals surface area contributed by atoms with Crippen molar-refractivity contribution in [2.24, 2.45) is 0 Å². The lowest BCUT2D eigenvalue weighted by molar-refractivity contribution is -0.109. The van der Waals surface area contributed by atoms with Gasteiger partial charge in [-0.25, -0.2) is 13.2 Å². The molecule has 0 saturated heterocycles. The standard InChI is InChI=1S/C23H21F3N2O/c1-14-8-22(19(12-27-13-29)16-6-4-3-5-7-16)28-23(15(14)2)18-9-17(11-24)20(25)10-21(18)26/h3-10,13,19H,11-12H2,1-2H3,(H,27,29). The predicted octanol–water partition coefficient (Wildman–Crippen LogP) is 4.99. The summed E-state index contributed by atoms with van der Waals surface area (Å²) in [5.41, 5.74) is 3.33. The van der Waals surface area contributed by atoms with Gasteiger partial charge in [-0.3, -0.25) is 9.78 Å². The third-order valence-corrected chi connectivity index (χ3v) is 5.05. The Morgan fingerprint density at radius 2 is 1.79 bits per heavy atom. The van der Waals surface area contributed by atoms with E-state index in [1.54, 1.807) is 6.92 Å². The van der Waals surface area contributed by atoms with Crippen LogP contribution in [0.3, 0.4) is 0 Å². The van der Waals surface area contributed by atoms with Gasteiger partial charge < -0.3 is 5.32 Å². The molecule has 3 nitrogen and oxygen atoms in total. The van der Waals surface area contributed by atoms with Crippen LogP contribution in [-0.2, 0) is 11.5 Å². The highest BCUT2D eigenvalue weighted by molar-refractivity contribution is 5.66. The SMILES string of the molecule is Cc1cc(C(CNC=O)c2ccccc2)nc(-c2cc(CF)c(F)cc2F)c1C. The van der Waals surface area contributed by atoms with Crippen LogP contribution in [0.5, 0.6) is 0 Å². The number of pyridine rings is 1. The van der Waals surface area contributed by atoms with Crippen molar-refractivity contribution in [1.82, 2.24) is 10.3 Å². The molecule has 0 aliphatic heterocycles. The van der Waals surface area contributed by atoms with Crippen LogP contribution in [-0.4, -0.2) is 17.9 Å². The third-order valence-electron chi connectivity index (χ3n) is 5.05. The van der Waals surface area contributed by atoms with Crippen molar-refractivity contribution >= 4 is 6.41 Å². The van der Waals surface area contributed by atoms with Crippen molar-refractivity contribution in [1.29, 1.82) is 0 Å². The molecule has 1 unspecified atom stereocenters. The average Bonchev–Trinajstić information content (AvgIpc) is 2.72. The van der Waals surface area contributed by atoms with Crippen LogP contribution < -0.4 is 5.32 Å². The highest BCUT2D eigenvalue weighted by Gasteiger charge is 2.21. The van der Waals surface area contributed by atoms with E-state index in [9.17, 15) is 18.0 Å². The third kappa shape index (κ3) is 4.31. The Hall–Kier alpha value is -3.15. The molecule has 2 aromatic carbocycles. The van der Waals surface area contributed by atoms with Crippen LogP contribution in [0.15, 0.2) is 48.5 Å². The van der Waals surface area contributed by atoms with E-state index in [2.05, 4.69) is 10.3 Å². The smallest absolute Gasteiger partial charge is 0.207 e. The number of aromatic nitrogens is 1. The first-order valence-corrected chi connectivity index (χ1v) is 9.20. The molecule has 1 amide bonds. The molecule has 1 atom stereocenters. The number of hydrogen-bond donors (Lipinski definition) is 1. The quantitative estimate of drug-likeness (QED) is 0.570. The lowest BCUT2D eigenvalue weighted by atomic mass is 9.92. The summed E-state index contributed by atoms with van der Waals surface area (Å²) < 4.78 is 41.5. The Bertz CT molecular complexity index is 1020. The molecule has 0 spiro atoms. The molecular weight excluding hydrogens is 377 g/mol. The summed E-state index contributed by atoms with van der Waals surface area (Å²) in [6.07, 6.45) is 0.616. The molecule has 3 rings (SSSR count). The molecular formula is C23H21F3N2O. The first-order valence-electron chi connectivity index (χ1n) is 9.20. The fraction of sp³-hybridized carbons (Fsp3) is 0.217. The van der Waals surface area contributed by atoms with Gasteiger partial charge in [-0.05, 0) is 42.7 Å². The number of aryl methyl sites for hydroxylation is 1. The van der Waals surface area contributed by atoms with E-state index in [1.165, 1.54) is 6.07 Å². The zero-order valence-corrected chi connectivity index (χ0v) is 16.2. The topological polar surface area (TPSA) is 42.0 Å². The van der Waals surface area contributed by atoms with Crippen molar-refractivity contribution in [2.75, 3.05) is 6.54 Å². The molecule has 0 radical (unpaired) electrons. The van der Waals surface area contributed by atoms with Crippen LogP contribution in [0.25, 0.3) is 11.3 Å². The van der Waals surface area contributed by atoms with Gasteiger partial charge in [0, 0.05) is 29.7 Å². The summed E-state index contributed by atoms with van der Waals surface area (Å²) in [6, 6.07) is 13.3. The fourth-order valence-corrected chi connectivity index (χ4v) is 3.32. The summed E-state index contributed by atoms with van der Waals surface area (Å²) in [4.78, 5) is 15.5. The van der Waals surface area contributed by atoms with Gasteiger partial charge in [0.05, 0.1) is 11.4 Å². The van der Waals surface area contributed by atoms with Crippen LogP contribution >= 0.6 is 0 Å².